The molecule has 0 radical (unpaired) electrons. The number of hydrogen-bond acceptors (Lipinski definition) is 2. The Kier molecular flexibility index (Phi) is 1.29. The van der Waals surface area contributed by atoms with Crippen molar-refractivity contribution in [3.8, 4) is 0 Å². The number of fused-ring (bicyclic) bond motifs is 1. The predicted octanol–water partition coefficient (Wildman–Crippen LogP) is 1.34. The molecule has 2 heteroatoms. The van der Waals surface area contributed by atoms with E-state index in [4.69, 9.17) is 9.47 Å². The minimum Gasteiger partial charge on any atom is -0.373 e. The van der Waals surface area contributed by atoms with Gasteiger partial charge in [0.2, 0.25) is 0 Å². The summed E-state index contributed by atoms with van der Waals surface area (Å²) < 4.78 is 10.8. The SMILES string of the molecule is C1CC(C2CO2)CC2OC2C1. The van der Waals surface area contributed by atoms with Crippen molar-refractivity contribution in [3.63, 3.8) is 0 Å². The van der Waals surface area contributed by atoms with Crippen LogP contribution in [-0.2, 0) is 9.47 Å². The van der Waals surface area contributed by atoms with Crippen molar-refractivity contribution >= 4 is 0 Å². The molecule has 0 aromatic heterocycles. The Morgan fingerprint density at radius 3 is 2.73 bits per heavy atom. The van der Waals surface area contributed by atoms with E-state index in [1.165, 1.54) is 25.7 Å². The fourth-order valence-corrected chi connectivity index (χ4v) is 2.30. The van der Waals surface area contributed by atoms with Crippen LogP contribution in [0.1, 0.15) is 25.7 Å². The zero-order valence-corrected chi connectivity index (χ0v) is 6.66. The molecule has 0 amide bonds. The molecule has 2 nitrogen and oxygen atoms in total. The second kappa shape index (κ2) is 2.20. The quantitative estimate of drug-likeness (QED) is 0.532. The summed E-state index contributed by atoms with van der Waals surface area (Å²) in [6.07, 6.45) is 7.17. The second-order valence-corrected chi connectivity index (χ2v) is 4.01. The van der Waals surface area contributed by atoms with Crippen LogP contribution < -0.4 is 0 Å². The van der Waals surface area contributed by atoms with Gasteiger partial charge in [0.05, 0.1) is 24.9 Å². The Morgan fingerprint density at radius 1 is 1.00 bits per heavy atom. The van der Waals surface area contributed by atoms with E-state index in [2.05, 4.69) is 0 Å². The van der Waals surface area contributed by atoms with E-state index in [0.29, 0.717) is 18.3 Å². The van der Waals surface area contributed by atoms with Gasteiger partial charge < -0.3 is 9.47 Å². The molecule has 1 aliphatic carbocycles. The lowest BCUT2D eigenvalue weighted by atomic mass is 9.97. The van der Waals surface area contributed by atoms with Gasteiger partial charge in [0.15, 0.2) is 0 Å². The first-order valence-electron chi connectivity index (χ1n) is 4.70. The van der Waals surface area contributed by atoms with Crippen LogP contribution in [-0.4, -0.2) is 24.9 Å². The lowest BCUT2D eigenvalue weighted by molar-refractivity contribution is 0.254. The summed E-state index contributed by atoms with van der Waals surface area (Å²) in [5, 5.41) is 0. The Morgan fingerprint density at radius 2 is 1.91 bits per heavy atom. The Bertz CT molecular complexity index is 165. The van der Waals surface area contributed by atoms with Crippen LogP contribution in [0.5, 0.6) is 0 Å². The van der Waals surface area contributed by atoms with Gasteiger partial charge in [-0.05, 0) is 25.2 Å². The molecule has 0 N–H and O–H groups in total. The first-order valence-corrected chi connectivity index (χ1v) is 4.70. The smallest absolute Gasteiger partial charge is 0.0845 e. The van der Waals surface area contributed by atoms with Crippen molar-refractivity contribution in [2.45, 2.75) is 44.0 Å². The highest BCUT2D eigenvalue weighted by Crippen LogP contribution is 2.41. The van der Waals surface area contributed by atoms with Gasteiger partial charge >= 0.3 is 0 Å². The van der Waals surface area contributed by atoms with Crippen LogP contribution >= 0.6 is 0 Å². The normalized spacial score (nSPS) is 54.5. The summed E-state index contributed by atoms with van der Waals surface area (Å²) in [7, 11) is 0. The van der Waals surface area contributed by atoms with Crippen molar-refractivity contribution < 1.29 is 9.47 Å². The minimum absolute atomic E-state index is 0.609. The maximum atomic E-state index is 5.51. The lowest BCUT2D eigenvalue weighted by Crippen LogP contribution is -2.09. The fourth-order valence-electron chi connectivity index (χ4n) is 2.30. The van der Waals surface area contributed by atoms with Gasteiger partial charge in [-0.15, -0.1) is 0 Å². The highest BCUT2D eigenvalue weighted by Gasteiger charge is 2.45. The molecule has 0 aromatic carbocycles. The van der Waals surface area contributed by atoms with Gasteiger partial charge in [-0.1, -0.05) is 6.42 Å². The molecule has 4 atom stereocenters. The molecule has 2 saturated heterocycles. The molecule has 0 aromatic rings. The van der Waals surface area contributed by atoms with Crippen LogP contribution in [0.25, 0.3) is 0 Å². The molecule has 4 unspecified atom stereocenters. The zero-order valence-electron chi connectivity index (χ0n) is 6.66. The number of hydrogen-bond donors (Lipinski definition) is 0. The van der Waals surface area contributed by atoms with E-state index in [9.17, 15) is 0 Å². The molecular weight excluding hydrogens is 140 g/mol. The number of ether oxygens (including phenoxy) is 2. The van der Waals surface area contributed by atoms with E-state index < -0.39 is 0 Å². The van der Waals surface area contributed by atoms with Crippen molar-refractivity contribution in [1.29, 1.82) is 0 Å². The van der Waals surface area contributed by atoms with Crippen molar-refractivity contribution in [2.75, 3.05) is 6.61 Å². The van der Waals surface area contributed by atoms with Crippen molar-refractivity contribution in [2.24, 2.45) is 5.92 Å². The molecule has 62 valence electrons. The molecule has 2 heterocycles. The molecule has 1 saturated carbocycles. The summed E-state index contributed by atoms with van der Waals surface area (Å²) in [5.41, 5.74) is 0. The minimum atomic E-state index is 0.609. The van der Waals surface area contributed by atoms with E-state index in [-0.39, 0.29) is 0 Å². The first-order chi connectivity index (χ1) is 5.43. The summed E-state index contributed by atoms with van der Waals surface area (Å²) in [4.78, 5) is 0. The monoisotopic (exact) mass is 154 g/mol. The van der Waals surface area contributed by atoms with Gasteiger partial charge in [-0.2, -0.15) is 0 Å². The van der Waals surface area contributed by atoms with E-state index >= 15 is 0 Å². The number of epoxide rings is 2. The third-order valence-corrected chi connectivity index (χ3v) is 3.17. The van der Waals surface area contributed by atoms with Gasteiger partial charge in [-0.25, -0.2) is 0 Å². The summed E-state index contributed by atoms with van der Waals surface area (Å²) >= 11 is 0. The molecule has 3 aliphatic rings. The third-order valence-electron chi connectivity index (χ3n) is 3.17. The molecule has 2 aliphatic heterocycles. The topological polar surface area (TPSA) is 25.1 Å². The van der Waals surface area contributed by atoms with Crippen LogP contribution in [0, 0.1) is 5.92 Å². The Labute approximate surface area is 66.9 Å². The van der Waals surface area contributed by atoms with Gasteiger partial charge in [-0.3, -0.25) is 0 Å². The van der Waals surface area contributed by atoms with Gasteiger partial charge in [0.1, 0.15) is 0 Å². The van der Waals surface area contributed by atoms with Crippen molar-refractivity contribution in [1.82, 2.24) is 0 Å². The third kappa shape index (κ3) is 1.18. The molecule has 3 fully saturated rings. The molecule has 0 bridgehead atoms. The van der Waals surface area contributed by atoms with E-state index in [1.807, 2.05) is 0 Å². The first kappa shape index (κ1) is 6.44. The molecule has 0 spiro atoms. The van der Waals surface area contributed by atoms with Crippen LogP contribution in [0.15, 0.2) is 0 Å². The average Bonchev–Trinajstić information content (AvgIpc) is 2.80. The highest BCUT2D eigenvalue weighted by atomic mass is 16.6. The van der Waals surface area contributed by atoms with Crippen LogP contribution in [0.3, 0.4) is 0 Å². The number of rotatable bonds is 1. The van der Waals surface area contributed by atoms with Crippen LogP contribution in [0.2, 0.25) is 0 Å². The standard InChI is InChI=1S/C9H14O2/c1-2-6(9-5-10-9)4-8-7(3-1)11-8/h6-9H,1-5H2. The molecule has 11 heavy (non-hydrogen) atoms. The van der Waals surface area contributed by atoms with Crippen molar-refractivity contribution in [3.05, 3.63) is 0 Å². The summed E-state index contributed by atoms with van der Waals surface area (Å²) in [6, 6.07) is 0. The maximum absolute atomic E-state index is 5.51. The second-order valence-electron chi connectivity index (χ2n) is 4.01. The van der Waals surface area contributed by atoms with E-state index in [0.717, 1.165) is 12.5 Å². The van der Waals surface area contributed by atoms with Crippen LogP contribution in [0.4, 0.5) is 0 Å². The molecular formula is C9H14O2. The average molecular weight is 154 g/mol. The molecule has 3 rings (SSSR count). The Balaban J connectivity index is 1.65. The summed E-state index contributed by atoms with van der Waals surface area (Å²) in [5.74, 6) is 0.826. The predicted molar refractivity (Wildman–Crippen MR) is 40.4 cm³/mol. The zero-order chi connectivity index (χ0) is 7.26. The van der Waals surface area contributed by atoms with E-state index in [1.54, 1.807) is 0 Å². The lowest BCUT2D eigenvalue weighted by Gasteiger charge is -2.09. The highest BCUT2D eigenvalue weighted by molar-refractivity contribution is 4.93. The largest absolute Gasteiger partial charge is 0.373 e. The fraction of sp³-hybridized carbons (Fsp3) is 1.00. The Hall–Kier alpha value is -0.0800. The van der Waals surface area contributed by atoms with Gasteiger partial charge in [0.25, 0.3) is 0 Å². The maximum Gasteiger partial charge on any atom is 0.0845 e. The van der Waals surface area contributed by atoms with Gasteiger partial charge in [0, 0.05) is 0 Å². The summed E-state index contributed by atoms with van der Waals surface area (Å²) in [6.45, 7) is 1.02.